The number of aromatic nitrogens is 2. The first-order chi connectivity index (χ1) is 10.3. The maximum atomic E-state index is 5.17. The molecule has 0 bridgehead atoms. The molecule has 2 aromatic carbocycles. The van der Waals surface area contributed by atoms with Gasteiger partial charge in [0.2, 0.25) is 0 Å². The van der Waals surface area contributed by atoms with Crippen LogP contribution in [0.2, 0.25) is 0 Å². The van der Waals surface area contributed by atoms with Crippen molar-refractivity contribution >= 4 is 11.4 Å². The van der Waals surface area contributed by atoms with E-state index in [1.807, 2.05) is 54.6 Å². The monoisotopic (exact) mass is 280 g/mol. The van der Waals surface area contributed by atoms with E-state index in [0.717, 1.165) is 16.9 Å². The Morgan fingerprint density at radius 2 is 1.71 bits per heavy atom. The number of aryl methyl sites for hydroxylation is 1. The van der Waals surface area contributed by atoms with Crippen LogP contribution in [-0.2, 0) is 0 Å². The van der Waals surface area contributed by atoms with E-state index in [-0.39, 0.29) is 0 Å². The Bertz CT molecular complexity index is 709. The third-order valence-electron chi connectivity index (χ3n) is 3.00. The number of nitrogens with zero attached hydrogens (tertiary/aromatic N) is 2. The molecular formula is C16H16N4O. The Morgan fingerprint density at radius 3 is 2.48 bits per heavy atom. The summed E-state index contributed by atoms with van der Waals surface area (Å²) in [6.07, 6.45) is 0. The van der Waals surface area contributed by atoms with Crippen LogP contribution in [0.5, 0.6) is 0 Å². The second-order valence-electron chi connectivity index (χ2n) is 4.62. The van der Waals surface area contributed by atoms with E-state index in [9.17, 15) is 0 Å². The van der Waals surface area contributed by atoms with E-state index < -0.39 is 0 Å². The second-order valence-corrected chi connectivity index (χ2v) is 4.62. The first-order valence-electron chi connectivity index (χ1n) is 6.75. The normalized spacial score (nSPS) is 10.3. The van der Waals surface area contributed by atoms with E-state index in [1.165, 1.54) is 0 Å². The van der Waals surface area contributed by atoms with Gasteiger partial charge in [-0.3, -0.25) is 0 Å². The van der Waals surface area contributed by atoms with Crippen molar-refractivity contribution in [2.24, 2.45) is 0 Å². The molecule has 0 radical (unpaired) electrons. The smallest absolute Gasteiger partial charge is 0.257 e. The van der Waals surface area contributed by atoms with Crippen molar-refractivity contribution in [1.29, 1.82) is 0 Å². The van der Waals surface area contributed by atoms with Gasteiger partial charge in [0.25, 0.3) is 5.89 Å². The van der Waals surface area contributed by atoms with E-state index in [4.69, 9.17) is 4.52 Å². The molecule has 0 unspecified atom stereocenters. The number of nitrogens with one attached hydrogen (secondary N) is 2. The van der Waals surface area contributed by atoms with Gasteiger partial charge in [-0.05, 0) is 37.3 Å². The predicted octanol–water partition coefficient (Wildman–Crippen LogP) is 3.53. The lowest BCUT2D eigenvalue weighted by Gasteiger charge is -2.09. The van der Waals surface area contributed by atoms with Crippen LogP contribution in [0.1, 0.15) is 5.82 Å². The van der Waals surface area contributed by atoms with Crippen molar-refractivity contribution in [3.05, 3.63) is 60.4 Å². The quantitative estimate of drug-likeness (QED) is 0.700. The average molecular weight is 280 g/mol. The summed E-state index contributed by atoms with van der Waals surface area (Å²) in [7, 11) is 0. The van der Waals surface area contributed by atoms with Crippen molar-refractivity contribution in [2.75, 3.05) is 17.3 Å². The van der Waals surface area contributed by atoms with Crippen LogP contribution in [-0.4, -0.2) is 16.8 Å². The molecule has 0 aliphatic carbocycles. The van der Waals surface area contributed by atoms with Gasteiger partial charge in [0.05, 0.1) is 6.67 Å². The third-order valence-corrected chi connectivity index (χ3v) is 3.00. The Labute approximate surface area is 123 Å². The second kappa shape index (κ2) is 6.09. The highest BCUT2D eigenvalue weighted by atomic mass is 16.5. The Morgan fingerprint density at radius 1 is 0.952 bits per heavy atom. The highest BCUT2D eigenvalue weighted by Crippen LogP contribution is 2.20. The Balaban J connectivity index is 1.64. The average Bonchev–Trinajstić information content (AvgIpc) is 2.95. The fourth-order valence-electron chi connectivity index (χ4n) is 1.98. The molecule has 0 saturated carbocycles. The summed E-state index contributed by atoms with van der Waals surface area (Å²) < 4.78 is 5.17. The van der Waals surface area contributed by atoms with E-state index >= 15 is 0 Å². The molecule has 0 atom stereocenters. The zero-order valence-electron chi connectivity index (χ0n) is 11.7. The van der Waals surface area contributed by atoms with E-state index in [2.05, 4.69) is 20.8 Å². The molecule has 1 aromatic heterocycles. The first kappa shape index (κ1) is 13.2. The molecule has 1 heterocycles. The lowest BCUT2D eigenvalue weighted by atomic mass is 10.2. The van der Waals surface area contributed by atoms with E-state index in [0.29, 0.717) is 18.4 Å². The molecule has 0 spiro atoms. The van der Waals surface area contributed by atoms with Crippen molar-refractivity contribution < 1.29 is 4.52 Å². The van der Waals surface area contributed by atoms with Gasteiger partial charge in [0.15, 0.2) is 5.82 Å². The third kappa shape index (κ3) is 3.39. The zero-order valence-corrected chi connectivity index (χ0v) is 11.7. The van der Waals surface area contributed by atoms with Crippen LogP contribution >= 0.6 is 0 Å². The van der Waals surface area contributed by atoms with Gasteiger partial charge in [-0.15, -0.1) is 0 Å². The van der Waals surface area contributed by atoms with Crippen LogP contribution < -0.4 is 10.6 Å². The molecule has 3 aromatic rings. The fraction of sp³-hybridized carbons (Fsp3) is 0.125. The minimum absolute atomic E-state index is 0.534. The molecule has 0 aliphatic rings. The standard InChI is InChI=1S/C16H16N4O/c1-12-19-16(21-20-12)13-6-5-9-15(10-13)18-11-17-14-7-3-2-4-8-14/h2-10,17-18H,11H2,1H3. The molecular weight excluding hydrogens is 264 g/mol. The molecule has 106 valence electrons. The minimum Gasteiger partial charge on any atom is -0.368 e. The van der Waals surface area contributed by atoms with Crippen LogP contribution in [0.15, 0.2) is 59.1 Å². The van der Waals surface area contributed by atoms with Crippen LogP contribution in [0.4, 0.5) is 11.4 Å². The van der Waals surface area contributed by atoms with Crippen molar-refractivity contribution in [2.45, 2.75) is 6.92 Å². The molecule has 3 rings (SSSR count). The number of benzene rings is 2. The number of para-hydroxylation sites is 1. The van der Waals surface area contributed by atoms with Crippen LogP contribution in [0.25, 0.3) is 11.5 Å². The van der Waals surface area contributed by atoms with Crippen LogP contribution in [0, 0.1) is 6.92 Å². The fourth-order valence-corrected chi connectivity index (χ4v) is 1.98. The molecule has 2 N–H and O–H groups in total. The van der Waals surface area contributed by atoms with Gasteiger partial charge in [-0.2, -0.15) is 4.98 Å². The molecule has 21 heavy (non-hydrogen) atoms. The molecule has 0 aliphatic heterocycles. The maximum absolute atomic E-state index is 5.17. The summed E-state index contributed by atoms with van der Waals surface area (Å²) in [6.45, 7) is 2.44. The van der Waals surface area contributed by atoms with Gasteiger partial charge in [0, 0.05) is 16.9 Å². The number of rotatable bonds is 5. The molecule has 5 nitrogen and oxygen atoms in total. The van der Waals surface area contributed by atoms with Gasteiger partial charge in [-0.25, -0.2) is 0 Å². The summed E-state index contributed by atoms with van der Waals surface area (Å²) in [5, 5.41) is 10.4. The lowest BCUT2D eigenvalue weighted by Crippen LogP contribution is -2.11. The molecule has 5 heteroatoms. The lowest BCUT2D eigenvalue weighted by molar-refractivity contribution is 0.425. The summed E-state index contributed by atoms with van der Waals surface area (Å²) >= 11 is 0. The Hall–Kier alpha value is -2.82. The number of hydrogen-bond donors (Lipinski definition) is 2. The number of anilines is 2. The maximum Gasteiger partial charge on any atom is 0.257 e. The molecule has 0 fully saturated rings. The molecule has 0 saturated heterocycles. The largest absolute Gasteiger partial charge is 0.368 e. The highest BCUT2D eigenvalue weighted by molar-refractivity contribution is 5.61. The Kier molecular flexibility index (Phi) is 3.82. The summed E-state index contributed by atoms with van der Waals surface area (Å²) in [4.78, 5) is 4.23. The van der Waals surface area contributed by atoms with Crippen molar-refractivity contribution in [3.63, 3.8) is 0 Å². The van der Waals surface area contributed by atoms with Gasteiger partial charge < -0.3 is 15.2 Å². The predicted molar refractivity (Wildman–Crippen MR) is 83.0 cm³/mol. The van der Waals surface area contributed by atoms with E-state index in [1.54, 1.807) is 6.92 Å². The number of hydrogen-bond acceptors (Lipinski definition) is 5. The summed E-state index contributed by atoms with van der Waals surface area (Å²) in [6, 6.07) is 17.9. The van der Waals surface area contributed by atoms with Crippen LogP contribution in [0.3, 0.4) is 0 Å². The zero-order chi connectivity index (χ0) is 14.5. The summed E-state index contributed by atoms with van der Waals surface area (Å²) in [5.74, 6) is 1.17. The summed E-state index contributed by atoms with van der Waals surface area (Å²) in [5.41, 5.74) is 2.97. The molecule has 0 amide bonds. The van der Waals surface area contributed by atoms with Gasteiger partial charge in [0.1, 0.15) is 0 Å². The minimum atomic E-state index is 0.534. The first-order valence-corrected chi connectivity index (χ1v) is 6.75. The topological polar surface area (TPSA) is 63.0 Å². The van der Waals surface area contributed by atoms with Crippen molar-refractivity contribution in [1.82, 2.24) is 10.1 Å². The SMILES string of the molecule is Cc1noc(-c2cccc(NCNc3ccccc3)c2)n1. The van der Waals surface area contributed by atoms with Gasteiger partial charge in [-0.1, -0.05) is 29.4 Å². The van der Waals surface area contributed by atoms with Gasteiger partial charge >= 0.3 is 0 Å². The highest BCUT2D eigenvalue weighted by Gasteiger charge is 2.06. The van der Waals surface area contributed by atoms with Crippen molar-refractivity contribution in [3.8, 4) is 11.5 Å².